The van der Waals surface area contributed by atoms with Crippen LogP contribution in [0.15, 0.2) is 22.7 Å². The molecule has 0 saturated carbocycles. The number of ether oxygens (including phenoxy) is 1. The summed E-state index contributed by atoms with van der Waals surface area (Å²) in [7, 11) is 3.74. The molecule has 1 aromatic rings. The largest absolute Gasteiger partial charge is 0.497 e. The fourth-order valence-electron chi connectivity index (χ4n) is 2.81. The molecule has 1 amide bonds. The second-order valence-electron chi connectivity index (χ2n) is 5.52. The Bertz CT molecular complexity index is 507. The fraction of sp³-hybridized carbons (Fsp3) is 0.562. The molecule has 0 spiro atoms. The van der Waals surface area contributed by atoms with Crippen molar-refractivity contribution in [1.82, 2.24) is 9.80 Å². The number of rotatable bonds is 3. The van der Waals surface area contributed by atoms with Crippen LogP contribution >= 0.6 is 15.9 Å². The lowest BCUT2D eigenvalue weighted by Gasteiger charge is -2.30. The summed E-state index contributed by atoms with van der Waals surface area (Å²) in [6.07, 6.45) is 1.98. The molecule has 0 radical (unpaired) electrons. The Morgan fingerprint density at radius 2 is 2.19 bits per heavy atom. The summed E-state index contributed by atoms with van der Waals surface area (Å²) in [6.45, 7) is 4.93. The predicted octanol–water partition coefficient (Wildman–Crippen LogP) is 3.01. The SMILES string of the molecule is CCC1CN(C)CCCN1C(=O)c1cc(OC)ccc1Br. The summed E-state index contributed by atoms with van der Waals surface area (Å²) in [6, 6.07) is 5.81. The molecular weight excluding hydrogens is 332 g/mol. The third-order valence-corrected chi connectivity index (χ3v) is 4.73. The highest BCUT2D eigenvalue weighted by Gasteiger charge is 2.28. The summed E-state index contributed by atoms with van der Waals surface area (Å²) in [5, 5.41) is 0. The normalized spacial score (nSPS) is 20.2. The Balaban J connectivity index is 2.28. The maximum Gasteiger partial charge on any atom is 0.255 e. The van der Waals surface area contributed by atoms with E-state index in [0.717, 1.165) is 36.9 Å². The quantitative estimate of drug-likeness (QED) is 0.836. The van der Waals surface area contributed by atoms with Crippen LogP contribution in [-0.2, 0) is 0 Å². The number of methoxy groups -OCH3 is 1. The highest BCUT2D eigenvalue weighted by Crippen LogP contribution is 2.25. The summed E-state index contributed by atoms with van der Waals surface area (Å²) >= 11 is 3.49. The molecule has 1 unspecified atom stereocenters. The van der Waals surface area contributed by atoms with Crippen molar-refractivity contribution in [2.24, 2.45) is 0 Å². The van der Waals surface area contributed by atoms with E-state index in [2.05, 4.69) is 34.8 Å². The standard InChI is InChI=1S/C16H23BrN2O2/c1-4-12-11-18(2)8-5-9-19(12)16(20)14-10-13(21-3)6-7-15(14)17/h6-7,10,12H,4-5,8-9,11H2,1-3H3. The van der Waals surface area contributed by atoms with E-state index in [1.807, 2.05) is 23.1 Å². The van der Waals surface area contributed by atoms with Crippen LogP contribution in [0.25, 0.3) is 0 Å². The number of hydrogen-bond acceptors (Lipinski definition) is 3. The van der Waals surface area contributed by atoms with Gasteiger partial charge >= 0.3 is 0 Å². The van der Waals surface area contributed by atoms with Crippen molar-refractivity contribution in [2.45, 2.75) is 25.8 Å². The lowest BCUT2D eigenvalue weighted by Crippen LogP contribution is -2.43. The number of amides is 1. The monoisotopic (exact) mass is 354 g/mol. The number of halogens is 1. The molecule has 116 valence electrons. The molecule has 1 atom stereocenters. The van der Waals surface area contributed by atoms with Crippen molar-refractivity contribution >= 4 is 21.8 Å². The second kappa shape index (κ2) is 7.27. The van der Waals surface area contributed by atoms with E-state index >= 15 is 0 Å². The Labute approximate surface area is 135 Å². The molecule has 4 nitrogen and oxygen atoms in total. The molecular formula is C16H23BrN2O2. The molecule has 0 N–H and O–H groups in total. The van der Waals surface area contributed by atoms with Crippen molar-refractivity contribution in [3.8, 4) is 5.75 Å². The summed E-state index contributed by atoms with van der Waals surface area (Å²) < 4.78 is 6.06. The van der Waals surface area contributed by atoms with Gasteiger partial charge in [0.2, 0.25) is 0 Å². The van der Waals surface area contributed by atoms with E-state index in [9.17, 15) is 4.79 Å². The minimum absolute atomic E-state index is 0.0860. The number of carbonyl (C=O) groups excluding carboxylic acids is 1. The Morgan fingerprint density at radius 1 is 1.43 bits per heavy atom. The molecule has 1 heterocycles. The fourth-order valence-corrected chi connectivity index (χ4v) is 3.23. The lowest BCUT2D eigenvalue weighted by molar-refractivity contribution is 0.0674. The zero-order chi connectivity index (χ0) is 15.4. The van der Waals surface area contributed by atoms with E-state index in [1.54, 1.807) is 7.11 Å². The van der Waals surface area contributed by atoms with Gasteiger partial charge in [0.15, 0.2) is 0 Å². The lowest BCUT2D eigenvalue weighted by atomic mass is 10.1. The van der Waals surface area contributed by atoms with Crippen LogP contribution in [0.3, 0.4) is 0 Å². The molecule has 1 aromatic carbocycles. The van der Waals surface area contributed by atoms with Crippen LogP contribution in [0.2, 0.25) is 0 Å². The average Bonchev–Trinajstić information content (AvgIpc) is 2.68. The van der Waals surface area contributed by atoms with Gasteiger partial charge in [0.05, 0.1) is 12.7 Å². The van der Waals surface area contributed by atoms with Gasteiger partial charge in [-0.15, -0.1) is 0 Å². The van der Waals surface area contributed by atoms with Crippen molar-refractivity contribution in [2.75, 3.05) is 33.8 Å². The first-order valence-corrected chi connectivity index (χ1v) is 8.19. The van der Waals surface area contributed by atoms with Crippen LogP contribution in [0, 0.1) is 0 Å². The van der Waals surface area contributed by atoms with Gasteiger partial charge in [0.25, 0.3) is 5.91 Å². The highest BCUT2D eigenvalue weighted by atomic mass is 79.9. The highest BCUT2D eigenvalue weighted by molar-refractivity contribution is 9.10. The van der Waals surface area contributed by atoms with Gasteiger partial charge in [0, 0.05) is 23.6 Å². The summed E-state index contributed by atoms with van der Waals surface area (Å²) in [4.78, 5) is 17.3. The van der Waals surface area contributed by atoms with Crippen LogP contribution in [-0.4, -0.2) is 55.5 Å². The maximum atomic E-state index is 12.9. The third kappa shape index (κ3) is 3.77. The van der Waals surface area contributed by atoms with Gasteiger partial charge in [-0.25, -0.2) is 0 Å². The van der Waals surface area contributed by atoms with Gasteiger partial charge in [-0.1, -0.05) is 6.92 Å². The zero-order valence-electron chi connectivity index (χ0n) is 12.9. The van der Waals surface area contributed by atoms with Crippen molar-refractivity contribution < 1.29 is 9.53 Å². The third-order valence-electron chi connectivity index (χ3n) is 4.04. The first-order chi connectivity index (χ1) is 10.1. The molecule has 2 rings (SSSR count). The number of nitrogens with zero attached hydrogens (tertiary/aromatic N) is 2. The molecule has 1 fully saturated rings. The van der Waals surface area contributed by atoms with Gasteiger partial charge in [-0.05, 0) is 60.6 Å². The number of carbonyl (C=O) groups is 1. The Morgan fingerprint density at radius 3 is 2.86 bits per heavy atom. The molecule has 1 aliphatic heterocycles. The van der Waals surface area contributed by atoms with Crippen molar-refractivity contribution in [3.05, 3.63) is 28.2 Å². The van der Waals surface area contributed by atoms with E-state index < -0.39 is 0 Å². The Kier molecular flexibility index (Phi) is 5.65. The Hall–Kier alpha value is -1.07. The molecule has 0 aliphatic carbocycles. The maximum absolute atomic E-state index is 12.9. The molecule has 5 heteroatoms. The molecule has 1 saturated heterocycles. The van der Waals surface area contributed by atoms with Gasteiger partial charge in [0.1, 0.15) is 5.75 Å². The topological polar surface area (TPSA) is 32.8 Å². The van der Waals surface area contributed by atoms with E-state index in [0.29, 0.717) is 11.3 Å². The summed E-state index contributed by atoms with van der Waals surface area (Å²) in [5.74, 6) is 0.796. The molecule has 0 bridgehead atoms. The van der Waals surface area contributed by atoms with Crippen LogP contribution in [0.5, 0.6) is 5.75 Å². The second-order valence-corrected chi connectivity index (χ2v) is 6.38. The predicted molar refractivity (Wildman–Crippen MR) is 87.9 cm³/mol. The molecule has 1 aliphatic rings. The van der Waals surface area contributed by atoms with Gasteiger partial charge in [-0.3, -0.25) is 4.79 Å². The zero-order valence-corrected chi connectivity index (χ0v) is 14.5. The summed E-state index contributed by atoms with van der Waals surface area (Å²) in [5.41, 5.74) is 0.678. The van der Waals surface area contributed by atoms with Gasteiger partial charge < -0.3 is 14.5 Å². The van der Waals surface area contributed by atoms with E-state index in [4.69, 9.17) is 4.74 Å². The van der Waals surface area contributed by atoms with Crippen LogP contribution < -0.4 is 4.74 Å². The average molecular weight is 355 g/mol. The van der Waals surface area contributed by atoms with Gasteiger partial charge in [-0.2, -0.15) is 0 Å². The number of hydrogen-bond donors (Lipinski definition) is 0. The van der Waals surface area contributed by atoms with Crippen LogP contribution in [0.1, 0.15) is 30.1 Å². The van der Waals surface area contributed by atoms with Crippen molar-refractivity contribution in [3.63, 3.8) is 0 Å². The first kappa shape index (κ1) is 16.3. The molecule has 0 aromatic heterocycles. The smallest absolute Gasteiger partial charge is 0.255 e. The minimum Gasteiger partial charge on any atom is -0.497 e. The number of benzene rings is 1. The minimum atomic E-state index is 0.0860. The number of likely N-dealkylation sites (N-methyl/N-ethyl adjacent to an activating group) is 1. The van der Waals surface area contributed by atoms with Crippen molar-refractivity contribution in [1.29, 1.82) is 0 Å². The van der Waals surface area contributed by atoms with E-state index in [-0.39, 0.29) is 11.9 Å². The first-order valence-electron chi connectivity index (χ1n) is 7.39. The van der Waals surface area contributed by atoms with E-state index in [1.165, 1.54) is 0 Å². The molecule has 21 heavy (non-hydrogen) atoms. The van der Waals surface area contributed by atoms with Crippen LogP contribution in [0.4, 0.5) is 0 Å².